The van der Waals surface area contributed by atoms with Gasteiger partial charge in [0.1, 0.15) is 11.4 Å². The smallest absolute Gasteiger partial charge is 0.371 e. The Morgan fingerprint density at radius 3 is 2.25 bits per heavy atom. The predicted octanol–water partition coefficient (Wildman–Crippen LogP) is 2.13. The minimum absolute atomic E-state index is 0.142. The molecule has 0 unspecified atom stereocenters. The van der Waals surface area contributed by atoms with Crippen molar-refractivity contribution >= 4 is 10.3 Å². The summed E-state index contributed by atoms with van der Waals surface area (Å²) < 4.78 is 28.1. The summed E-state index contributed by atoms with van der Waals surface area (Å²) in [6.45, 7) is 4.05. The van der Waals surface area contributed by atoms with Crippen LogP contribution in [-0.2, 0) is 10.3 Å². The first-order chi connectivity index (χ1) is 11.3. The molecule has 0 radical (unpaired) electrons. The lowest BCUT2D eigenvalue weighted by Gasteiger charge is -2.04. The van der Waals surface area contributed by atoms with Gasteiger partial charge in [0, 0.05) is 5.56 Å². The highest BCUT2D eigenvalue weighted by Gasteiger charge is 2.08. The molecule has 2 aromatic carbocycles. The zero-order valence-corrected chi connectivity index (χ0v) is 14.0. The summed E-state index contributed by atoms with van der Waals surface area (Å²) in [5, 5.41) is 13.1. The second-order valence-electron chi connectivity index (χ2n) is 5.49. The van der Waals surface area contributed by atoms with Crippen molar-refractivity contribution in [1.29, 1.82) is 0 Å². The lowest BCUT2D eigenvalue weighted by molar-refractivity contribution is 0.488. The van der Waals surface area contributed by atoms with E-state index in [2.05, 4.69) is 20.6 Å². The molecule has 8 heteroatoms. The molecule has 0 saturated carbocycles. The lowest BCUT2D eigenvalue weighted by atomic mass is 10.1. The molecule has 3 rings (SSSR count). The van der Waals surface area contributed by atoms with Crippen LogP contribution in [0.2, 0.25) is 0 Å². The fourth-order valence-corrected chi connectivity index (χ4v) is 2.80. The first-order valence-electron chi connectivity index (χ1n) is 7.14. The third kappa shape index (κ3) is 3.79. The molecule has 0 saturated heterocycles. The number of rotatable bonds is 4. The molecule has 1 aromatic heterocycles. The van der Waals surface area contributed by atoms with Gasteiger partial charge in [0.05, 0.1) is 11.9 Å². The normalized spacial score (nSPS) is 11.5. The molecular weight excluding hydrogens is 328 g/mol. The fourth-order valence-electron chi connectivity index (χ4n) is 2.42. The molecule has 0 aliphatic rings. The van der Waals surface area contributed by atoms with Crippen molar-refractivity contribution < 1.29 is 12.6 Å². The highest BCUT2D eigenvalue weighted by Crippen LogP contribution is 2.22. The van der Waals surface area contributed by atoms with E-state index < -0.39 is 10.3 Å². The average Bonchev–Trinajstić information content (AvgIpc) is 2.95. The van der Waals surface area contributed by atoms with Crippen LogP contribution in [0.5, 0.6) is 5.75 Å². The van der Waals surface area contributed by atoms with Gasteiger partial charge in [-0.1, -0.05) is 11.3 Å². The molecule has 0 bridgehead atoms. The zero-order chi connectivity index (χ0) is 17.3. The second-order valence-corrected chi connectivity index (χ2v) is 6.65. The summed E-state index contributed by atoms with van der Waals surface area (Å²) in [6.07, 6.45) is 1.81. The maximum atomic E-state index is 10.9. The van der Waals surface area contributed by atoms with Crippen LogP contribution in [0.25, 0.3) is 16.9 Å². The van der Waals surface area contributed by atoms with Crippen LogP contribution in [0.3, 0.4) is 0 Å². The number of hydrogen-bond donors (Lipinski definition) is 1. The highest BCUT2D eigenvalue weighted by atomic mass is 32.2. The number of nitrogens with zero attached hydrogens (tertiary/aromatic N) is 3. The quantitative estimate of drug-likeness (QED) is 0.781. The third-order valence-electron chi connectivity index (χ3n) is 3.33. The predicted molar refractivity (Wildman–Crippen MR) is 90.0 cm³/mol. The molecule has 7 nitrogen and oxygen atoms in total. The lowest BCUT2D eigenvalue weighted by Crippen LogP contribution is -2.18. The van der Waals surface area contributed by atoms with E-state index in [0.717, 1.165) is 22.4 Å². The van der Waals surface area contributed by atoms with Crippen LogP contribution in [0.1, 0.15) is 11.1 Å². The summed E-state index contributed by atoms with van der Waals surface area (Å²) in [4.78, 5) is 0. The number of hydrogen-bond acceptors (Lipinski definition) is 5. The molecule has 0 atom stereocenters. The number of benzene rings is 2. The van der Waals surface area contributed by atoms with Crippen LogP contribution < -0.4 is 9.32 Å². The summed E-state index contributed by atoms with van der Waals surface area (Å²) in [6, 6.07) is 12.5. The first-order valence-corrected chi connectivity index (χ1v) is 8.61. The zero-order valence-electron chi connectivity index (χ0n) is 13.2. The summed E-state index contributed by atoms with van der Waals surface area (Å²) in [7, 11) is -4.03. The Morgan fingerprint density at radius 2 is 1.67 bits per heavy atom. The number of aryl methyl sites for hydroxylation is 2. The van der Waals surface area contributed by atoms with E-state index in [1.165, 1.54) is 12.1 Å². The van der Waals surface area contributed by atoms with Crippen molar-refractivity contribution in [3.63, 3.8) is 0 Å². The van der Waals surface area contributed by atoms with Crippen LogP contribution in [0, 0.1) is 13.8 Å². The van der Waals surface area contributed by atoms with Gasteiger partial charge in [-0.05, 0) is 61.4 Å². The standard InChI is InChI=1S/C16H16N4O3S/c1-11-7-12(2)9-14(8-11)20-10-16(18-19-20)13-3-5-15(6-4-13)23-24(17,21)22/h3-10H,1-2H3,(H2,17,21,22). The summed E-state index contributed by atoms with van der Waals surface area (Å²) in [5.41, 5.74) is 4.67. The minimum atomic E-state index is -4.03. The van der Waals surface area contributed by atoms with Crippen molar-refractivity contribution in [3.8, 4) is 22.7 Å². The Hall–Kier alpha value is -2.71. The maximum Gasteiger partial charge on any atom is 0.380 e. The number of nitrogens with two attached hydrogens (primary N) is 1. The average molecular weight is 344 g/mol. The molecule has 0 aliphatic heterocycles. The van der Waals surface area contributed by atoms with Gasteiger partial charge in [0.2, 0.25) is 0 Å². The van der Waals surface area contributed by atoms with Gasteiger partial charge in [-0.15, -0.1) is 5.10 Å². The molecule has 0 fully saturated rings. The van der Waals surface area contributed by atoms with Crippen molar-refractivity contribution in [1.82, 2.24) is 15.0 Å². The Balaban J connectivity index is 1.88. The number of aromatic nitrogens is 3. The first kappa shape index (κ1) is 16.2. The van der Waals surface area contributed by atoms with Crippen molar-refractivity contribution in [2.24, 2.45) is 5.14 Å². The van der Waals surface area contributed by atoms with Crippen LogP contribution in [0.4, 0.5) is 0 Å². The Kier molecular flexibility index (Phi) is 4.08. The van der Waals surface area contributed by atoms with E-state index in [-0.39, 0.29) is 5.75 Å². The van der Waals surface area contributed by atoms with Crippen molar-refractivity contribution in [3.05, 3.63) is 59.8 Å². The molecule has 0 spiro atoms. The van der Waals surface area contributed by atoms with Gasteiger partial charge < -0.3 is 4.18 Å². The monoisotopic (exact) mass is 344 g/mol. The van der Waals surface area contributed by atoms with E-state index in [0.29, 0.717) is 5.69 Å². The van der Waals surface area contributed by atoms with Gasteiger partial charge in [-0.3, -0.25) is 0 Å². The second kappa shape index (κ2) is 6.06. The molecule has 24 heavy (non-hydrogen) atoms. The Morgan fingerprint density at radius 1 is 1.04 bits per heavy atom. The van der Waals surface area contributed by atoms with E-state index in [1.807, 2.05) is 32.2 Å². The molecule has 0 amide bonds. The van der Waals surface area contributed by atoms with E-state index >= 15 is 0 Å². The molecule has 3 aromatic rings. The van der Waals surface area contributed by atoms with Crippen LogP contribution in [-0.4, -0.2) is 23.4 Å². The Bertz CT molecular complexity index is 959. The van der Waals surface area contributed by atoms with E-state index in [9.17, 15) is 8.42 Å². The van der Waals surface area contributed by atoms with Crippen molar-refractivity contribution in [2.45, 2.75) is 13.8 Å². The molecule has 2 N–H and O–H groups in total. The fraction of sp³-hybridized carbons (Fsp3) is 0.125. The topological polar surface area (TPSA) is 100 Å². The molecular formula is C16H16N4O3S. The minimum Gasteiger partial charge on any atom is -0.371 e. The SMILES string of the molecule is Cc1cc(C)cc(-n2cc(-c3ccc(OS(N)(=O)=O)cc3)nn2)c1. The highest BCUT2D eigenvalue weighted by molar-refractivity contribution is 7.84. The van der Waals surface area contributed by atoms with Gasteiger partial charge in [0.25, 0.3) is 0 Å². The maximum absolute atomic E-state index is 10.9. The summed E-state index contributed by atoms with van der Waals surface area (Å²) in [5.74, 6) is 0.142. The van der Waals surface area contributed by atoms with E-state index in [4.69, 9.17) is 5.14 Å². The van der Waals surface area contributed by atoms with Gasteiger partial charge >= 0.3 is 10.3 Å². The summed E-state index contributed by atoms with van der Waals surface area (Å²) >= 11 is 0. The van der Waals surface area contributed by atoms with Gasteiger partial charge in [-0.2, -0.15) is 13.6 Å². The third-order valence-corrected chi connectivity index (χ3v) is 3.75. The van der Waals surface area contributed by atoms with Gasteiger partial charge in [0.15, 0.2) is 0 Å². The molecule has 0 aliphatic carbocycles. The van der Waals surface area contributed by atoms with Crippen LogP contribution in [0.15, 0.2) is 48.7 Å². The van der Waals surface area contributed by atoms with Gasteiger partial charge in [-0.25, -0.2) is 4.68 Å². The molecule has 1 heterocycles. The largest absolute Gasteiger partial charge is 0.380 e. The van der Waals surface area contributed by atoms with E-state index in [1.54, 1.807) is 16.8 Å². The van der Waals surface area contributed by atoms with Crippen molar-refractivity contribution in [2.75, 3.05) is 0 Å². The Labute approximate surface area is 139 Å². The van der Waals surface area contributed by atoms with Crippen LogP contribution >= 0.6 is 0 Å². The molecule has 124 valence electrons.